The minimum atomic E-state index is -0.947. The summed E-state index contributed by atoms with van der Waals surface area (Å²) in [5.41, 5.74) is 0. The van der Waals surface area contributed by atoms with E-state index in [1.54, 1.807) is 0 Å². The van der Waals surface area contributed by atoms with Gasteiger partial charge < -0.3 is 71.8 Å². The number of hydrogen-bond donors (Lipinski definition) is 2. The Labute approximate surface area is 472 Å². The average Bonchev–Trinajstić information content (AvgIpc) is 3.45. The summed E-state index contributed by atoms with van der Waals surface area (Å²) in [4.78, 5) is 0. The first-order valence-electron chi connectivity index (χ1n) is 31.8. The molecular formula is C63H114O15. The van der Waals surface area contributed by atoms with Crippen molar-refractivity contribution in [1.29, 1.82) is 0 Å². The summed E-state index contributed by atoms with van der Waals surface area (Å²) >= 11 is 0. The van der Waals surface area contributed by atoms with E-state index in [2.05, 4.69) is 132 Å². The highest BCUT2D eigenvalue weighted by Crippen LogP contribution is 2.47. The van der Waals surface area contributed by atoms with E-state index in [9.17, 15) is 10.2 Å². The van der Waals surface area contributed by atoms with Gasteiger partial charge in [0.15, 0.2) is 44.0 Å². The summed E-state index contributed by atoms with van der Waals surface area (Å²) < 4.78 is 89.2. The third-order valence-corrected chi connectivity index (χ3v) is 22.1. The Morgan fingerprint density at radius 2 is 0.449 bits per heavy atom. The van der Waals surface area contributed by atoms with Crippen molar-refractivity contribution >= 4 is 0 Å². The summed E-state index contributed by atoms with van der Waals surface area (Å²) in [5, 5.41) is 20.7. The number of aliphatic hydroxyl groups is 2. The van der Waals surface area contributed by atoms with E-state index in [1.807, 2.05) is 13.8 Å². The molecule has 0 aromatic heterocycles. The van der Waals surface area contributed by atoms with E-state index in [1.165, 1.54) is 0 Å². The molecular weight excluding hydrogens is 997 g/mol. The maximum Gasteiger partial charge on any atom is 0.161 e. The largest absolute Gasteiger partial charge is 0.394 e. The molecule has 0 spiro atoms. The van der Waals surface area contributed by atoms with E-state index in [-0.39, 0.29) is 157 Å². The normalized spacial score (nSPS) is 53.5. The first-order valence-corrected chi connectivity index (χ1v) is 31.8. The zero-order valence-corrected chi connectivity index (χ0v) is 52.4. The minimum absolute atomic E-state index is 0.0190. The van der Waals surface area contributed by atoms with Crippen molar-refractivity contribution in [3.05, 3.63) is 0 Å². The minimum Gasteiger partial charge on any atom is -0.394 e. The number of ether oxygens (including phenoxy) is 13. The van der Waals surface area contributed by atoms with Gasteiger partial charge in [0.2, 0.25) is 0 Å². The fraction of sp³-hybridized carbons (Fsp3) is 1.00. The zero-order chi connectivity index (χ0) is 57.3. The molecule has 2 N–H and O–H groups in total. The highest BCUT2D eigenvalue weighted by Gasteiger charge is 2.55. The molecule has 0 aromatic carbocycles. The van der Waals surface area contributed by atoms with Gasteiger partial charge in [0.05, 0.1) is 79.9 Å². The van der Waals surface area contributed by atoms with Crippen LogP contribution in [0.15, 0.2) is 0 Å². The maximum atomic E-state index is 10.5. The van der Waals surface area contributed by atoms with Crippen LogP contribution in [-0.2, 0) is 61.6 Å². The van der Waals surface area contributed by atoms with E-state index in [4.69, 9.17) is 61.6 Å². The van der Waals surface area contributed by atoms with Crippen LogP contribution in [0.4, 0.5) is 0 Å². The van der Waals surface area contributed by atoms with Crippen molar-refractivity contribution < 1.29 is 71.8 Å². The van der Waals surface area contributed by atoms with Crippen LogP contribution in [0.2, 0.25) is 0 Å². The summed E-state index contributed by atoms with van der Waals surface area (Å²) in [6.45, 7) is 46.1. The van der Waals surface area contributed by atoms with Gasteiger partial charge in [0.25, 0.3) is 0 Å². The van der Waals surface area contributed by atoms with Gasteiger partial charge in [0, 0.05) is 41.4 Å². The molecule has 0 aromatic rings. The fourth-order valence-corrected chi connectivity index (χ4v) is 14.5. The molecule has 7 saturated heterocycles. The third kappa shape index (κ3) is 13.3. The molecule has 7 aliphatic heterocycles. The molecule has 7 rings (SSSR count). The third-order valence-electron chi connectivity index (χ3n) is 22.1. The Bertz CT molecular complexity index is 1780. The van der Waals surface area contributed by atoms with Crippen LogP contribution in [0, 0.1) is 88.8 Å². The second-order valence-electron chi connectivity index (χ2n) is 26.4. The van der Waals surface area contributed by atoms with E-state index >= 15 is 0 Å². The molecule has 35 atom stereocenters. The van der Waals surface area contributed by atoms with Gasteiger partial charge in [-0.3, -0.25) is 0 Å². The Morgan fingerprint density at radius 1 is 0.244 bits per heavy atom. The quantitative estimate of drug-likeness (QED) is 0.126. The van der Waals surface area contributed by atoms with E-state index < -0.39 is 43.7 Å². The summed E-state index contributed by atoms with van der Waals surface area (Å²) in [7, 11) is 0. The molecule has 15 nitrogen and oxygen atoms in total. The summed E-state index contributed by atoms with van der Waals surface area (Å²) in [5.74, 6) is 1.95. The van der Waals surface area contributed by atoms with Crippen LogP contribution in [0.25, 0.3) is 0 Å². The fourth-order valence-electron chi connectivity index (χ4n) is 14.5. The van der Waals surface area contributed by atoms with Crippen molar-refractivity contribution in [3.63, 3.8) is 0 Å². The highest BCUT2D eigenvalue weighted by molar-refractivity contribution is 4.96. The molecule has 456 valence electrons. The SMILES string of the molecule is CCC1O[C@@H](O[C@@H]2C(CC)O[C@@H](O[C@H]3C(C)C(C)C(O)O[C@H]3CO)[C@@H](C)C2C)[C@@H](C)C(C)[C@@H]1O[C@@H]1O[C@@H](CC)[C@@H](O[C@H]2O[C@@H](CC)[C@@H](O[C@@H]3OC(CC)[C@@H](O[C@@H]4OC(CC)[C@@H](C)[C@H](C)C4C)C(C)[C@@H]3C)C(C)C2C)C(C)C1C. The van der Waals surface area contributed by atoms with Crippen LogP contribution >= 0.6 is 0 Å². The predicted molar refractivity (Wildman–Crippen MR) is 298 cm³/mol. The molecule has 78 heavy (non-hydrogen) atoms. The lowest BCUT2D eigenvalue weighted by Gasteiger charge is -2.52. The lowest BCUT2D eigenvalue weighted by Crippen LogP contribution is -2.60. The molecule has 7 heterocycles. The van der Waals surface area contributed by atoms with Gasteiger partial charge in [0.1, 0.15) is 6.10 Å². The second-order valence-corrected chi connectivity index (χ2v) is 26.4. The van der Waals surface area contributed by atoms with E-state index in [0.29, 0.717) is 17.8 Å². The van der Waals surface area contributed by atoms with Gasteiger partial charge in [-0.15, -0.1) is 0 Å². The van der Waals surface area contributed by atoms with E-state index in [0.717, 1.165) is 38.5 Å². The summed E-state index contributed by atoms with van der Waals surface area (Å²) in [6, 6.07) is 0. The van der Waals surface area contributed by atoms with Gasteiger partial charge in [-0.2, -0.15) is 0 Å². The maximum absolute atomic E-state index is 10.5. The van der Waals surface area contributed by atoms with Crippen LogP contribution in [0.5, 0.6) is 0 Å². The molecule has 0 amide bonds. The van der Waals surface area contributed by atoms with Gasteiger partial charge >= 0.3 is 0 Å². The number of hydrogen-bond acceptors (Lipinski definition) is 15. The lowest BCUT2D eigenvalue weighted by molar-refractivity contribution is -0.370. The Kier molecular flexibility index (Phi) is 23.4. The van der Waals surface area contributed by atoms with Gasteiger partial charge in [-0.1, -0.05) is 145 Å². The lowest BCUT2D eigenvalue weighted by atomic mass is 9.78. The monoisotopic (exact) mass is 1110 g/mol. The number of rotatable bonds is 19. The zero-order valence-electron chi connectivity index (χ0n) is 52.4. The molecule has 15 unspecified atom stereocenters. The highest BCUT2D eigenvalue weighted by atomic mass is 16.8. The van der Waals surface area contributed by atoms with Gasteiger partial charge in [-0.25, -0.2) is 0 Å². The molecule has 0 saturated carbocycles. The van der Waals surface area contributed by atoms with Crippen molar-refractivity contribution in [3.8, 4) is 0 Å². The smallest absolute Gasteiger partial charge is 0.161 e. The Balaban J connectivity index is 0.947. The van der Waals surface area contributed by atoms with Crippen LogP contribution < -0.4 is 0 Å². The second kappa shape index (κ2) is 28.1. The Hall–Kier alpha value is -0.600. The molecule has 0 aliphatic carbocycles. The summed E-state index contributed by atoms with van der Waals surface area (Å²) in [6.07, 6.45) is -1.22. The van der Waals surface area contributed by atoms with Crippen molar-refractivity contribution in [1.82, 2.24) is 0 Å². The van der Waals surface area contributed by atoms with Crippen LogP contribution in [0.3, 0.4) is 0 Å². The number of aliphatic hydroxyl groups excluding tert-OH is 2. The van der Waals surface area contributed by atoms with Gasteiger partial charge in [-0.05, 0) is 85.9 Å². The van der Waals surface area contributed by atoms with Crippen LogP contribution in [-0.4, -0.2) is 140 Å². The predicted octanol–water partition coefficient (Wildman–Crippen LogP) is 11.4. The van der Waals surface area contributed by atoms with Crippen molar-refractivity contribution in [2.75, 3.05) is 6.61 Å². The Morgan fingerprint density at radius 3 is 0.679 bits per heavy atom. The molecule has 7 aliphatic rings. The molecule has 0 bridgehead atoms. The average molecular weight is 1110 g/mol. The van der Waals surface area contributed by atoms with Crippen molar-refractivity contribution in [2.24, 2.45) is 88.8 Å². The first kappa shape index (κ1) is 65.0. The first-order chi connectivity index (χ1) is 37.0. The molecule has 15 heteroatoms. The topological polar surface area (TPSA) is 160 Å². The standard InChI is InChI=1S/C63H114O15/c1-22-44-30(8)29(7)38(16)58(67-44)73-51-32(10)39(17)59(68-45(51)23-2)74-52-33(11)40(18)60(69-46(52)24-3)75-53-34(12)41(19)61(70-47(53)25-4)76-54-35(13)42(20)62(71-48(54)26-5)77-55-36(14)43(21)63(72-49(55)27-6)78-56-31(9)37(15)57(65)66-50(56)28-64/h29-65H,22-28H2,1-21H3/t29-,30-,31?,32?,33?,34?,35?,36?,37?,38?,39-,40?,41?,42-,43-,44?,45?,46-,47-,48?,49?,50-,51-,52-,53-,54-,55-,56-,57?,58-,59-,60+,61-,62-,63-/m0/s1. The molecule has 0 radical (unpaired) electrons. The van der Waals surface area contributed by atoms with Crippen molar-refractivity contribution in [2.45, 2.75) is 307 Å². The van der Waals surface area contributed by atoms with Crippen LogP contribution in [0.1, 0.15) is 184 Å². The molecule has 7 fully saturated rings.